The lowest BCUT2D eigenvalue weighted by atomic mass is 9.95. The number of aryl methyl sites for hydroxylation is 1. The molecule has 2 heterocycles. The van der Waals surface area contributed by atoms with Gasteiger partial charge in [-0.2, -0.15) is 4.98 Å². The number of carbonyl (C=O) groups excluding carboxylic acids is 1. The molecule has 0 saturated carbocycles. The van der Waals surface area contributed by atoms with Gasteiger partial charge in [-0.15, -0.1) is 0 Å². The smallest absolute Gasteiger partial charge is 0.262 e. The van der Waals surface area contributed by atoms with Crippen LogP contribution in [0, 0.1) is 6.92 Å². The van der Waals surface area contributed by atoms with Gasteiger partial charge in [0.1, 0.15) is 5.56 Å². The van der Waals surface area contributed by atoms with E-state index in [1.807, 2.05) is 0 Å². The number of likely N-dealkylation sites (N-methyl/N-ethyl adjacent to an activating group) is 1. The molecule has 33 heavy (non-hydrogen) atoms. The quantitative estimate of drug-likeness (QED) is 0.430. The first kappa shape index (κ1) is 23.5. The number of halogens is 2. The second kappa shape index (κ2) is 10.1. The molecule has 4 rings (SSSR count). The lowest BCUT2D eigenvalue weighted by Crippen LogP contribution is -2.16. The summed E-state index contributed by atoms with van der Waals surface area (Å²) in [6.45, 7) is 4.14. The van der Waals surface area contributed by atoms with Crippen LogP contribution in [0.1, 0.15) is 33.8 Å². The van der Waals surface area contributed by atoms with Gasteiger partial charge in [0, 0.05) is 22.9 Å². The molecule has 2 N–H and O–H groups in total. The summed E-state index contributed by atoms with van der Waals surface area (Å²) in [4.78, 5) is 24.1. The van der Waals surface area contributed by atoms with Crippen LogP contribution in [0.3, 0.4) is 0 Å². The molecular formula is C24H25BrClN5O2. The molecule has 0 unspecified atom stereocenters. The van der Waals surface area contributed by atoms with Gasteiger partial charge < -0.3 is 20.3 Å². The fourth-order valence-corrected chi connectivity index (χ4v) is 4.78. The van der Waals surface area contributed by atoms with E-state index in [0.29, 0.717) is 27.0 Å². The Labute approximate surface area is 206 Å². The monoisotopic (exact) mass is 529 g/mol. The van der Waals surface area contributed by atoms with E-state index in [1.54, 1.807) is 18.2 Å². The fraction of sp³-hybridized carbons (Fsp3) is 0.292. The SMILES string of the molecule is COc1nc(Nc2cc(C)ccc2[C@H]2CCN(C)C2)ncc1C(=O)Nc1c(Cl)cccc1Br. The molecule has 1 amide bonds. The van der Waals surface area contributed by atoms with Crippen molar-refractivity contribution in [3.05, 3.63) is 68.8 Å². The number of carbonyl (C=O) groups is 1. The molecule has 1 aliphatic heterocycles. The third-order valence-corrected chi connectivity index (χ3v) is 6.66. The van der Waals surface area contributed by atoms with E-state index in [9.17, 15) is 4.79 Å². The number of methoxy groups -OCH3 is 1. The minimum atomic E-state index is -0.419. The number of benzene rings is 2. The lowest BCUT2D eigenvalue weighted by molar-refractivity contribution is 0.102. The minimum Gasteiger partial charge on any atom is -0.480 e. The molecule has 1 atom stereocenters. The van der Waals surface area contributed by atoms with Gasteiger partial charge in [-0.1, -0.05) is 29.8 Å². The Morgan fingerprint density at radius 2 is 2.12 bits per heavy atom. The van der Waals surface area contributed by atoms with E-state index in [4.69, 9.17) is 16.3 Å². The summed E-state index contributed by atoms with van der Waals surface area (Å²) in [7, 11) is 3.61. The third-order valence-electron chi connectivity index (χ3n) is 5.68. The molecule has 3 aromatic rings. The molecule has 172 valence electrons. The second-order valence-corrected chi connectivity index (χ2v) is 9.39. The van der Waals surface area contributed by atoms with Crippen molar-refractivity contribution in [1.82, 2.24) is 14.9 Å². The van der Waals surface area contributed by atoms with Crippen LogP contribution < -0.4 is 15.4 Å². The number of rotatable bonds is 6. The van der Waals surface area contributed by atoms with Crippen molar-refractivity contribution in [2.24, 2.45) is 0 Å². The zero-order valence-electron chi connectivity index (χ0n) is 18.7. The van der Waals surface area contributed by atoms with Crippen molar-refractivity contribution in [2.45, 2.75) is 19.3 Å². The van der Waals surface area contributed by atoms with Gasteiger partial charge in [-0.3, -0.25) is 4.79 Å². The molecule has 1 aliphatic rings. The van der Waals surface area contributed by atoms with Gasteiger partial charge in [0.25, 0.3) is 5.91 Å². The van der Waals surface area contributed by atoms with Crippen LogP contribution in [-0.4, -0.2) is 48.0 Å². The van der Waals surface area contributed by atoms with Crippen molar-refractivity contribution in [3.8, 4) is 5.88 Å². The molecule has 0 aliphatic carbocycles. The van der Waals surface area contributed by atoms with Crippen LogP contribution in [0.4, 0.5) is 17.3 Å². The zero-order chi connectivity index (χ0) is 23.5. The Kier molecular flexibility index (Phi) is 7.17. The first-order valence-electron chi connectivity index (χ1n) is 10.6. The predicted molar refractivity (Wildman–Crippen MR) is 135 cm³/mol. The molecule has 1 fully saturated rings. The maximum atomic E-state index is 12.9. The normalized spacial score (nSPS) is 16.0. The molecule has 1 saturated heterocycles. The van der Waals surface area contributed by atoms with Crippen LogP contribution in [0.2, 0.25) is 5.02 Å². The number of likely N-dealkylation sites (tertiary alicyclic amines) is 1. The first-order valence-corrected chi connectivity index (χ1v) is 11.8. The second-order valence-electron chi connectivity index (χ2n) is 8.13. The number of nitrogens with zero attached hydrogens (tertiary/aromatic N) is 3. The Morgan fingerprint density at radius 3 is 2.82 bits per heavy atom. The molecule has 9 heteroatoms. The van der Waals surface area contributed by atoms with Gasteiger partial charge in [-0.05, 0) is 78.1 Å². The summed E-state index contributed by atoms with van der Waals surface area (Å²) < 4.78 is 6.08. The predicted octanol–water partition coefficient (Wildman–Crippen LogP) is 5.62. The average Bonchev–Trinajstić information content (AvgIpc) is 3.22. The van der Waals surface area contributed by atoms with Crippen molar-refractivity contribution < 1.29 is 9.53 Å². The summed E-state index contributed by atoms with van der Waals surface area (Å²) >= 11 is 9.62. The fourth-order valence-electron chi connectivity index (χ4n) is 3.98. The number of hydrogen-bond donors (Lipinski definition) is 2. The van der Waals surface area contributed by atoms with Crippen LogP contribution in [0.5, 0.6) is 5.88 Å². The van der Waals surface area contributed by atoms with Gasteiger partial charge in [-0.25, -0.2) is 4.98 Å². The van der Waals surface area contributed by atoms with Crippen LogP contribution in [0.15, 0.2) is 47.1 Å². The van der Waals surface area contributed by atoms with Crippen molar-refractivity contribution in [1.29, 1.82) is 0 Å². The molecule has 2 aromatic carbocycles. The Bertz CT molecular complexity index is 1170. The molecule has 0 radical (unpaired) electrons. The Hall–Kier alpha value is -2.68. The molecule has 1 aromatic heterocycles. The molecule has 7 nitrogen and oxygen atoms in total. The number of aromatic nitrogens is 2. The number of nitrogens with one attached hydrogen (secondary N) is 2. The Balaban J connectivity index is 1.59. The summed E-state index contributed by atoms with van der Waals surface area (Å²) in [5, 5.41) is 6.54. The summed E-state index contributed by atoms with van der Waals surface area (Å²) in [5.41, 5.74) is 4.02. The minimum absolute atomic E-state index is 0.169. The highest BCUT2D eigenvalue weighted by atomic mass is 79.9. The number of para-hydroxylation sites is 1. The van der Waals surface area contributed by atoms with Crippen molar-refractivity contribution in [2.75, 3.05) is 37.9 Å². The lowest BCUT2D eigenvalue weighted by Gasteiger charge is -2.18. The van der Waals surface area contributed by atoms with Crippen LogP contribution >= 0.6 is 27.5 Å². The maximum Gasteiger partial charge on any atom is 0.262 e. The van der Waals surface area contributed by atoms with E-state index >= 15 is 0 Å². The summed E-state index contributed by atoms with van der Waals surface area (Å²) in [6, 6.07) is 11.7. The Morgan fingerprint density at radius 1 is 1.30 bits per heavy atom. The summed E-state index contributed by atoms with van der Waals surface area (Å²) in [6.07, 6.45) is 2.56. The highest BCUT2D eigenvalue weighted by Crippen LogP contribution is 2.34. The maximum absolute atomic E-state index is 12.9. The number of ether oxygens (including phenoxy) is 1. The van der Waals surface area contributed by atoms with E-state index in [1.165, 1.54) is 18.9 Å². The van der Waals surface area contributed by atoms with E-state index in [-0.39, 0.29) is 11.4 Å². The van der Waals surface area contributed by atoms with Crippen molar-refractivity contribution >= 4 is 50.8 Å². The standard InChI is InChI=1S/C24H25BrClN5O2/c1-14-7-8-16(15-9-10-31(2)13-15)20(11-14)28-24-27-12-17(23(30-24)33-3)22(32)29-21-18(25)5-4-6-19(21)26/h4-8,11-12,15H,9-10,13H2,1-3H3,(H,29,32)(H,27,28,30)/t15-/m0/s1. The first-order chi connectivity index (χ1) is 15.9. The van der Waals surface area contributed by atoms with Gasteiger partial charge in [0.05, 0.1) is 17.8 Å². The number of amides is 1. The number of hydrogen-bond acceptors (Lipinski definition) is 6. The van der Waals surface area contributed by atoms with Crippen molar-refractivity contribution in [3.63, 3.8) is 0 Å². The van der Waals surface area contributed by atoms with Gasteiger partial charge >= 0.3 is 0 Å². The van der Waals surface area contributed by atoms with Crippen LogP contribution in [0.25, 0.3) is 0 Å². The average molecular weight is 531 g/mol. The molecular weight excluding hydrogens is 506 g/mol. The topological polar surface area (TPSA) is 79.4 Å². The third kappa shape index (κ3) is 5.29. The number of anilines is 3. The largest absolute Gasteiger partial charge is 0.480 e. The van der Waals surface area contributed by atoms with E-state index in [2.05, 4.69) is 73.6 Å². The van der Waals surface area contributed by atoms with Gasteiger partial charge in [0.15, 0.2) is 0 Å². The van der Waals surface area contributed by atoms with Gasteiger partial charge in [0.2, 0.25) is 11.8 Å². The highest BCUT2D eigenvalue weighted by Gasteiger charge is 2.24. The van der Waals surface area contributed by atoms with Crippen LogP contribution in [-0.2, 0) is 0 Å². The highest BCUT2D eigenvalue weighted by molar-refractivity contribution is 9.10. The van der Waals surface area contributed by atoms with E-state index in [0.717, 1.165) is 30.8 Å². The van der Waals surface area contributed by atoms with E-state index < -0.39 is 5.91 Å². The molecule has 0 bridgehead atoms. The molecule has 0 spiro atoms. The zero-order valence-corrected chi connectivity index (χ0v) is 21.0. The summed E-state index contributed by atoms with van der Waals surface area (Å²) in [5.74, 6) is 0.556.